The molecule has 0 saturated carbocycles. The number of benzene rings is 2. The zero-order chi connectivity index (χ0) is 23.3. The summed E-state index contributed by atoms with van der Waals surface area (Å²) in [6.07, 6.45) is 0. The molecule has 0 aliphatic rings. The van der Waals surface area contributed by atoms with E-state index in [4.69, 9.17) is 15.1 Å². The van der Waals surface area contributed by atoms with E-state index in [-0.39, 0.29) is 12.4 Å². The molecule has 5 aromatic rings. The predicted molar refractivity (Wildman–Crippen MR) is 140 cm³/mol. The first-order valence-electron chi connectivity index (χ1n) is 10.7. The molecule has 0 spiro atoms. The molecule has 2 aromatic carbocycles. The second kappa shape index (κ2) is 11.6. The molecular weight excluding hydrogens is 502 g/mol. The fourth-order valence-electron chi connectivity index (χ4n) is 3.23. The van der Waals surface area contributed by atoms with E-state index in [0.29, 0.717) is 22.6 Å². The maximum Gasteiger partial charge on any atom is 0.254 e. The third-order valence-corrected chi connectivity index (χ3v) is 6.88. The highest BCUT2D eigenvalue weighted by Crippen LogP contribution is 2.30. The van der Waals surface area contributed by atoms with Gasteiger partial charge < -0.3 is 4.90 Å². The quantitative estimate of drug-likeness (QED) is 0.207. The summed E-state index contributed by atoms with van der Waals surface area (Å²) in [7, 11) is 4.06. The summed E-state index contributed by atoms with van der Waals surface area (Å²) < 4.78 is 3.58. The van der Waals surface area contributed by atoms with Gasteiger partial charge in [-0.15, -0.1) is 22.6 Å². The van der Waals surface area contributed by atoms with Crippen molar-refractivity contribution < 1.29 is 0 Å². The van der Waals surface area contributed by atoms with Gasteiger partial charge in [0.05, 0.1) is 12.2 Å². The van der Waals surface area contributed by atoms with Gasteiger partial charge >= 0.3 is 0 Å². The summed E-state index contributed by atoms with van der Waals surface area (Å²) in [5.74, 6) is 1.33. The highest BCUT2D eigenvalue weighted by Gasteiger charge is 2.17. The Morgan fingerprint density at radius 3 is 2.43 bits per heavy atom. The molecule has 0 aliphatic carbocycles. The van der Waals surface area contributed by atoms with Crippen molar-refractivity contribution in [3.63, 3.8) is 0 Å². The molecule has 5 rings (SSSR count). The summed E-state index contributed by atoms with van der Waals surface area (Å²) in [4.78, 5) is 11.6. The van der Waals surface area contributed by atoms with E-state index in [0.717, 1.165) is 28.6 Å². The lowest BCUT2D eigenvalue weighted by Gasteiger charge is -2.10. The first-order chi connectivity index (χ1) is 16.7. The molecule has 0 fully saturated rings. The topological polar surface area (TPSA) is 89.9 Å². The standard InChI is InChI=1S/C23H23N9S2.ClH/c1-30(2)13-14-31-23(26-28-29-31)34-20-15-19(18-11-7-4-8-12-18)24-21-25-22(27-32(20)21)33-16-17-9-5-3-6-10-17;/h3-12,15H,13-14,16H2,1-2H3;1H. The minimum atomic E-state index is 0. The first kappa shape index (κ1) is 25.1. The minimum absolute atomic E-state index is 0. The predicted octanol–water partition coefficient (Wildman–Crippen LogP) is 4.20. The number of fused-ring (bicyclic) bond motifs is 1. The van der Waals surface area contributed by atoms with Crippen molar-refractivity contribution in [3.05, 3.63) is 72.3 Å². The Bertz CT molecular complexity index is 1370. The van der Waals surface area contributed by atoms with Crippen LogP contribution in [0.15, 0.2) is 82.1 Å². The van der Waals surface area contributed by atoms with Crippen molar-refractivity contribution in [1.82, 2.24) is 44.7 Å². The Labute approximate surface area is 217 Å². The number of aromatic nitrogens is 8. The van der Waals surface area contributed by atoms with Crippen LogP contribution in [0.4, 0.5) is 0 Å². The second-order valence-electron chi connectivity index (χ2n) is 7.82. The van der Waals surface area contributed by atoms with Gasteiger partial charge in [-0.2, -0.15) is 9.50 Å². The van der Waals surface area contributed by atoms with Gasteiger partial charge in [0.25, 0.3) is 5.78 Å². The van der Waals surface area contributed by atoms with Crippen LogP contribution >= 0.6 is 35.9 Å². The van der Waals surface area contributed by atoms with Gasteiger partial charge in [-0.05, 0) is 47.9 Å². The van der Waals surface area contributed by atoms with Crippen LogP contribution in [-0.2, 0) is 12.3 Å². The molecule has 0 saturated heterocycles. The molecule has 0 aliphatic heterocycles. The Morgan fingerprint density at radius 2 is 1.69 bits per heavy atom. The number of halogens is 1. The summed E-state index contributed by atoms with van der Waals surface area (Å²) >= 11 is 3.05. The van der Waals surface area contributed by atoms with E-state index in [1.54, 1.807) is 21.0 Å². The van der Waals surface area contributed by atoms with Crippen LogP contribution in [-0.4, -0.2) is 65.3 Å². The number of thioether (sulfide) groups is 1. The number of likely N-dealkylation sites (N-methyl/N-ethyl adjacent to an activating group) is 1. The molecular formula is C23H24ClN9S2. The van der Waals surface area contributed by atoms with Crippen molar-refractivity contribution in [2.45, 2.75) is 27.6 Å². The van der Waals surface area contributed by atoms with Gasteiger partial charge in [-0.1, -0.05) is 72.4 Å². The van der Waals surface area contributed by atoms with Crippen molar-refractivity contribution >= 4 is 41.7 Å². The summed E-state index contributed by atoms with van der Waals surface area (Å²) in [5.41, 5.74) is 3.06. The fraction of sp³-hybridized carbons (Fsp3) is 0.217. The maximum absolute atomic E-state index is 4.79. The molecule has 9 nitrogen and oxygen atoms in total. The first-order valence-corrected chi connectivity index (χ1v) is 12.5. The van der Waals surface area contributed by atoms with Crippen molar-refractivity contribution in [3.8, 4) is 11.3 Å². The molecule has 3 aromatic heterocycles. The number of hydrogen-bond acceptors (Lipinski definition) is 9. The molecule has 0 unspecified atom stereocenters. The van der Waals surface area contributed by atoms with Crippen molar-refractivity contribution in [1.29, 1.82) is 0 Å². The lowest BCUT2D eigenvalue weighted by Crippen LogP contribution is -2.19. The molecule has 0 bridgehead atoms. The monoisotopic (exact) mass is 525 g/mol. The Kier molecular flexibility index (Phi) is 8.34. The van der Waals surface area contributed by atoms with Crippen LogP contribution in [0.25, 0.3) is 17.0 Å². The SMILES string of the molecule is CN(C)CCn1nnnc1Sc1cc(-c2ccccc2)nc2nc(SCc3ccccc3)nn12.Cl. The van der Waals surface area contributed by atoms with Gasteiger partial charge in [0.1, 0.15) is 5.03 Å². The van der Waals surface area contributed by atoms with Gasteiger partial charge in [-0.3, -0.25) is 0 Å². The number of rotatable bonds is 9. The summed E-state index contributed by atoms with van der Waals surface area (Å²) in [6.45, 7) is 1.53. The third-order valence-electron chi connectivity index (χ3n) is 4.99. The molecule has 0 N–H and O–H groups in total. The molecule has 35 heavy (non-hydrogen) atoms. The van der Waals surface area contributed by atoms with Crippen molar-refractivity contribution in [2.24, 2.45) is 0 Å². The van der Waals surface area contributed by atoms with Gasteiger partial charge in [0.2, 0.25) is 10.3 Å². The molecule has 12 heteroatoms. The highest BCUT2D eigenvalue weighted by atomic mass is 35.5. The van der Waals surface area contributed by atoms with Crippen LogP contribution < -0.4 is 0 Å². The molecule has 0 amide bonds. The van der Waals surface area contributed by atoms with E-state index in [1.165, 1.54) is 17.3 Å². The lowest BCUT2D eigenvalue weighted by atomic mass is 10.1. The largest absolute Gasteiger partial charge is 0.308 e. The Balaban J connectivity index is 0.00000289. The zero-order valence-electron chi connectivity index (χ0n) is 19.2. The second-order valence-corrected chi connectivity index (χ2v) is 9.75. The van der Waals surface area contributed by atoms with E-state index in [1.807, 2.05) is 68.7 Å². The fourth-order valence-corrected chi connectivity index (χ4v) is 4.89. The van der Waals surface area contributed by atoms with Crippen LogP contribution in [0.3, 0.4) is 0 Å². The molecule has 0 radical (unpaired) electrons. The third kappa shape index (κ3) is 6.17. The minimum Gasteiger partial charge on any atom is -0.308 e. The van der Waals surface area contributed by atoms with Crippen LogP contribution in [0.5, 0.6) is 0 Å². The number of tetrazole rings is 1. The van der Waals surface area contributed by atoms with Gasteiger partial charge in [0, 0.05) is 17.9 Å². The van der Waals surface area contributed by atoms with Crippen LogP contribution in [0.1, 0.15) is 5.56 Å². The summed E-state index contributed by atoms with van der Waals surface area (Å²) in [6, 6.07) is 22.4. The Hall–Kier alpha value is -2.99. The van der Waals surface area contributed by atoms with Crippen LogP contribution in [0.2, 0.25) is 0 Å². The zero-order valence-corrected chi connectivity index (χ0v) is 21.7. The molecule has 3 heterocycles. The van der Waals surface area contributed by atoms with E-state index in [2.05, 4.69) is 32.6 Å². The normalized spacial score (nSPS) is 11.2. The van der Waals surface area contributed by atoms with E-state index in [9.17, 15) is 0 Å². The van der Waals surface area contributed by atoms with E-state index < -0.39 is 0 Å². The smallest absolute Gasteiger partial charge is 0.254 e. The van der Waals surface area contributed by atoms with Gasteiger partial charge in [-0.25, -0.2) is 9.67 Å². The highest BCUT2D eigenvalue weighted by molar-refractivity contribution is 7.99. The lowest BCUT2D eigenvalue weighted by molar-refractivity contribution is 0.361. The van der Waals surface area contributed by atoms with Crippen molar-refractivity contribution in [2.75, 3.05) is 20.6 Å². The van der Waals surface area contributed by atoms with E-state index >= 15 is 0 Å². The van der Waals surface area contributed by atoms with Gasteiger partial charge in [0.15, 0.2) is 0 Å². The number of hydrogen-bond donors (Lipinski definition) is 0. The maximum atomic E-state index is 4.79. The average molecular weight is 526 g/mol. The average Bonchev–Trinajstić information content (AvgIpc) is 3.49. The summed E-state index contributed by atoms with van der Waals surface area (Å²) in [5, 5.41) is 19.3. The number of nitrogens with zero attached hydrogens (tertiary/aromatic N) is 9. The van der Waals surface area contributed by atoms with Crippen LogP contribution in [0, 0.1) is 0 Å². The molecule has 0 atom stereocenters. The molecule has 180 valence electrons. The Morgan fingerprint density at radius 1 is 0.943 bits per heavy atom.